The fraction of sp³-hybridized carbons (Fsp3) is 0.308. The Morgan fingerprint density at radius 2 is 1.66 bits per heavy atom. The van der Waals surface area contributed by atoms with Crippen molar-refractivity contribution in [3.8, 4) is 11.1 Å². The van der Waals surface area contributed by atoms with Crippen molar-refractivity contribution in [1.29, 1.82) is 0 Å². The van der Waals surface area contributed by atoms with Crippen LogP contribution in [0.1, 0.15) is 57.7 Å². The van der Waals surface area contributed by atoms with Crippen LogP contribution in [0.5, 0.6) is 0 Å². The number of rotatable bonds is 8. The van der Waals surface area contributed by atoms with Crippen LogP contribution in [-0.2, 0) is 16.1 Å². The maximum Gasteiger partial charge on any atom is 0.407 e. The van der Waals surface area contributed by atoms with Gasteiger partial charge < -0.3 is 20.5 Å². The molecule has 0 saturated carbocycles. The number of hydrogen-bond acceptors (Lipinski definition) is 6. The lowest BCUT2D eigenvalue weighted by Gasteiger charge is -2.25. The number of hydrogen-bond donors (Lipinski definition) is 3. The van der Waals surface area contributed by atoms with Crippen molar-refractivity contribution in [1.82, 2.24) is 15.6 Å². The Balaban J connectivity index is 1.30. The summed E-state index contributed by atoms with van der Waals surface area (Å²) in [6.45, 7) is 5.41. The topological polar surface area (TPSA) is 118 Å². The maximum absolute atomic E-state index is 12.6. The largest absolute Gasteiger partial charge is 0.477 e. The van der Waals surface area contributed by atoms with E-state index < -0.39 is 17.6 Å². The molecule has 4 rings (SSSR count). The second-order valence-corrected chi connectivity index (χ2v) is 10.2. The van der Waals surface area contributed by atoms with Crippen molar-refractivity contribution in [3.05, 3.63) is 75.2 Å². The number of thiazole rings is 1. The number of amides is 2. The van der Waals surface area contributed by atoms with E-state index in [-0.39, 0.29) is 36.3 Å². The van der Waals surface area contributed by atoms with Gasteiger partial charge in [0.1, 0.15) is 16.5 Å². The number of carboxylic acid groups (broad SMARTS) is 1. The molecule has 0 bridgehead atoms. The Morgan fingerprint density at radius 1 is 1.06 bits per heavy atom. The molecule has 182 valence electrons. The van der Waals surface area contributed by atoms with Gasteiger partial charge in [-0.25, -0.2) is 14.6 Å². The average Bonchev–Trinajstić information content (AvgIpc) is 3.33. The molecule has 1 heterocycles. The third kappa shape index (κ3) is 5.51. The highest BCUT2D eigenvalue weighted by Crippen LogP contribution is 2.44. The highest BCUT2D eigenvalue weighted by atomic mass is 32.1. The lowest BCUT2D eigenvalue weighted by molar-refractivity contribution is -0.122. The molecule has 0 spiro atoms. The average molecular weight is 494 g/mol. The van der Waals surface area contributed by atoms with Crippen molar-refractivity contribution in [2.45, 2.75) is 45.2 Å². The van der Waals surface area contributed by atoms with Gasteiger partial charge in [0.15, 0.2) is 0 Å². The minimum Gasteiger partial charge on any atom is -0.477 e. The molecule has 0 radical (unpaired) electrons. The van der Waals surface area contributed by atoms with E-state index in [1.165, 1.54) is 0 Å². The number of fused-ring (bicyclic) bond motifs is 3. The van der Waals surface area contributed by atoms with Gasteiger partial charge in [-0.3, -0.25) is 4.79 Å². The van der Waals surface area contributed by atoms with E-state index in [1.54, 1.807) is 20.8 Å². The quantitative estimate of drug-likeness (QED) is 0.426. The van der Waals surface area contributed by atoms with E-state index >= 15 is 0 Å². The van der Waals surface area contributed by atoms with E-state index in [0.29, 0.717) is 10.7 Å². The molecule has 3 aromatic rings. The molecule has 2 aromatic carbocycles. The fourth-order valence-electron chi connectivity index (χ4n) is 4.32. The van der Waals surface area contributed by atoms with Crippen LogP contribution in [0.3, 0.4) is 0 Å². The third-order valence-electron chi connectivity index (χ3n) is 5.86. The van der Waals surface area contributed by atoms with Crippen molar-refractivity contribution in [3.63, 3.8) is 0 Å². The fourth-order valence-corrected chi connectivity index (χ4v) is 5.16. The molecule has 35 heavy (non-hydrogen) atoms. The summed E-state index contributed by atoms with van der Waals surface area (Å²) in [5, 5.41) is 15.1. The van der Waals surface area contributed by atoms with E-state index in [1.807, 2.05) is 24.3 Å². The van der Waals surface area contributed by atoms with Crippen LogP contribution in [0.4, 0.5) is 4.79 Å². The van der Waals surface area contributed by atoms with Crippen molar-refractivity contribution < 1.29 is 24.2 Å². The summed E-state index contributed by atoms with van der Waals surface area (Å²) in [4.78, 5) is 40.5. The molecular weight excluding hydrogens is 466 g/mol. The molecule has 2 amide bonds. The summed E-state index contributed by atoms with van der Waals surface area (Å²) >= 11 is 1.03. The zero-order valence-corrected chi connectivity index (χ0v) is 20.6. The summed E-state index contributed by atoms with van der Waals surface area (Å²) in [5.74, 6) is -1.37. The monoisotopic (exact) mass is 493 g/mol. The summed E-state index contributed by atoms with van der Waals surface area (Å²) in [6.07, 6.45) is -0.570. The number of ether oxygens (including phenoxy) is 1. The number of benzene rings is 2. The second-order valence-electron chi connectivity index (χ2n) is 9.12. The molecule has 1 aromatic heterocycles. The van der Waals surface area contributed by atoms with E-state index in [4.69, 9.17) is 9.84 Å². The van der Waals surface area contributed by atoms with Crippen LogP contribution in [0.2, 0.25) is 0 Å². The Labute approximate surface area is 207 Å². The summed E-state index contributed by atoms with van der Waals surface area (Å²) < 4.78 is 5.58. The van der Waals surface area contributed by atoms with Crippen molar-refractivity contribution in [2.75, 3.05) is 6.61 Å². The second kappa shape index (κ2) is 9.87. The first-order valence-corrected chi connectivity index (χ1v) is 12.1. The van der Waals surface area contributed by atoms with Crippen LogP contribution in [0.25, 0.3) is 11.1 Å². The molecule has 1 aliphatic carbocycles. The number of aromatic nitrogens is 1. The van der Waals surface area contributed by atoms with Crippen LogP contribution in [0.15, 0.2) is 48.5 Å². The van der Waals surface area contributed by atoms with Gasteiger partial charge in [0, 0.05) is 17.9 Å². The minimum atomic E-state index is -1.04. The van der Waals surface area contributed by atoms with Crippen molar-refractivity contribution in [2.24, 2.45) is 0 Å². The van der Waals surface area contributed by atoms with Crippen LogP contribution in [0, 0.1) is 6.92 Å². The number of alkyl carbamates (subject to hydrolysis) is 1. The van der Waals surface area contributed by atoms with Gasteiger partial charge in [0.2, 0.25) is 5.91 Å². The predicted molar refractivity (Wildman–Crippen MR) is 133 cm³/mol. The van der Waals surface area contributed by atoms with E-state index in [0.717, 1.165) is 33.6 Å². The normalized spacial score (nSPS) is 12.5. The maximum atomic E-state index is 12.6. The lowest BCUT2D eigenvalue weighted by Crippen LogP contribution is -2.47. The Hall–Kier alpha value is -3.72. The Morgan fingerprint density at radius 3 is 2.23 bits per heavy atom. The molecule has 9 heteroatoms. The molecule has 0 unspecified atom stereocenters. The molecule has 0 atom stereocenters. The SMILES string of the molecule is Cc1nc(CNC(=O)CC(C)(C)NC(=O)OCC2c3ccccc3-c3ccccc32)sc1C(=O)O. The minimum absolute atomic E-state index is 0.0212. The molecule has 3 N–H and O–H groups in total. The van der Waals surface area contributed by atoms with E-state index in [2.05, 4.69) is 39.9 Å². The highest BCUT2D eigenvalue weighted by molar-refractivity contribution is 7.13. The Bertz CT molecular complexity index is 1240. The van der Waals surface area contributed by atoms with Crippen molar-refractivity contribution >= 4 is 29.3 Å². The molecule has 0 fully saturated rings. The third-order valence-corrected chi connectivity index (χ3v) is 7.00. The molecule has 8 nitrogen and oxygen atoms in total. The number of aromatic carboxylic acids is 1. The smallest absolute Gasteiger partial charge is 0.407 e. The van der Waals surface area contributed by atoms with Gasteiger partial charge >= 0.3 is 12.1 Å². The number of nitrogens with one attached hydrogen (secondary N) is 2. The molecule has 1 aliphatic rings. The standard InChI is InChI=1S/C26H27N3O5S/c1-15-23(24(31)32)35-22(28-15)13-27-21(30)12-26(2,3)29-25(33)34-14-20-18-10-6-4-8-16(18)17-9-5-7-11-19(17)20/h4-11,20H,12-14H2,1-3H3,(H,27,30)(H,29,33)(H,31,32). The van der Waals surface area contributed by atoms with Gasteiger partial charge in [-0.05, 0) is 43.0 Å². The first-order valence-electron chi connectivity index (χ1n) is 11.2. The first-order chi connectivity index (χ1) is 16.6. The number of carbonyl (C=O) groups excluding carboxylic acids is 2. The zero-order valence-electron chi connectivity index (χ0n) is 19.8. The summed E-state index contributed by atoms with van der Waals surface area (Å²) in [6, 6.07) is 16.2. The van der Waals surface area contributed by atoms with Gasteiger partial charge in [0.25, 0.3) is 0 Å². The number of carbonyl (C=O) groups is 3. The predicted octanol–water partition coefficient (Wildman–Crippen LogP) is 4.47. The van der Waals surface area contributed by atoms with Crippen LogP contribution < -0.4 is 10.6 Å². The van der Waals surface area contributed by atoms with Gasteiger partial charge in [-0.1, -0.05) is 48.5 Å². The number of carboxylic acids is 1. The lowest BCUT2D eigenvalue weighted by atomic mass is 9.98. The number of nitrogens with zero attached hydrogens (tertiary/aromatic N) is 1. The first kappa shape index (κ1) is 24.4. The molecule has 0 aliphatic heterocycles. The summed E-state index contributed by atoms with van der Waals surface area (Å²) in [7, 11) is 0. The number of aryl methyl sites for hydroxylation is 1. The van der Waals surface area contributed by atoms with Crippen LogP contribution in [-0.4, -0.2) is 40.2 Å². The molecular formula is C26H27N3O5S. The highest BCUT2D eigenvalue weighted by Gasteiger charge is 2.30. The Kier molecular flexibility index (Phi) is 6.88. The van der Waals surface area contributed by atoms with Gasteiger partial charge in [-0.2, -0.15) is 0 Å². The summed E-state index contributed by atoms with van der Waals surface area (Å²) in [5.41, 5.74) is 4.13. The zero-order chi connectivity index (χ0) is 25.2. The van der Waals surface area contributed by atoms with E-state index in [9.17, 15) is 14.4 Å². The van der Waals surface area contributed by atoms with Gasteiger partial charge in [-0.15, -0.1) is 11.3 Å². The molecule has 0 saturated heterocycles. The van der Waals surface area contributed by atoms with Gasteiger partial charge in [0.05, 0.1) is 12.2 Å². The van der Waals surface area contributed by atoms with Crippen LogP contribution >= 0.6 is 11.3 Å².